The summed E-state index contributed by atoms with van der Waals surface area (Å²) in [5.74, 6) is 0.254. The van der Waals surface area contributed by atoms with Crippen LogP contribution >= 0.6 is 11.6 Å². The highest BCUT2D eigenvalue weighted by Crippen LogP contribution is 2.24. The van der Waals surface area contributed by atoms with E-state index in [0.29, 0.717) is 15.7 Å². The zero-order chi connectivity index (χ0) is 14.0. The average molecular weight is 299 g/mol. The van der Waals surface area contributed by atoms with E-state index in [1.807, 2.05) is 6.92 Å². The predicted octanol–water partition coefficient (Wildman–Crippen LogP) is 1.92. The molecule has 19 heavy (non-hydrogen) atoms. The molecule has 1 atom stereocenters. The van der Waals surface area contributed by atoms with E-state index in [-0.39, 0.29) is 5.75 Å². The van der Waals surface area contributed by atoms with Crippen LogP contribution < -0.4 is 5.73 Å². The van der Waals surface area contributed by atoms with Crippen molar-refractivity contribution < 1.29 is 4.21 Å². The molecule has 102 valence electrons. The van der Waals surface area contributed by atoms with E-state index in [4.69, 9.17) is 17.3 Å². The van der Waals surface area contributed by atoms with Gasteiger partial charge in [-0.1, -0.05) is 18.5 Å². The van der Waals surface area contributed by atoms with E-state index in [2.05, 4.69) is 10.1 Å². The number of nitrogens with two attached hydrogens (primary N) is 1. The van der Waals surface area contributed by atoms with Gasteiger partial charge in [0, 0.05) is 13.2 Å². The van der Waals surface area contributed by atoms with Crippen LogP contribution in [0.15, 0.2) is 23.4 Å². The van der Waals surface area contributed by atoms with Crippen LogP contribution in [0.25, 0.3) is 0 Å². The normalized spacial score (nSPS) is 12.6. The molecular weight excluding hydrogens is 284 g/mol. The zero-order valence-corrected chi connectivity index (χ0v) is 12.3. The molecule has 0 bridgehead atoms. The van der Waals surface area contributed by atoms with Crippen LogP contribution in [-0.2, 0) is 30.0 Å². The maximum Gasteiger partial charge on any atom is 0.150 e. The second-order valence-electron chi connectivity index (χ2n) is 4.07. The van der Waals surface area contributed by atoms with Crippen molar-refractivity contribution in [1.82, 2.24) is 14.8 Å². The van der Waals surface area contributed by atoms with Crippen LogP contribution in [0.5, 0.6) is 0 Å². The first-order chi connectivity index (χ1) is 9.04. The third-order valence-electron chi connectivity index (χ3n) is 2.79. The van der Waals surface area contributed by atoms with Crippen molar-refractivity contribution in [2.45, 2.75) is 24.1 Å². The smallest absolute Gasteiger partial charge is 0.150 e. The Labute approximate surface area is 119 Å². The average Bonchev–Trinajstić information content (AvgIpc) is 2.66. The van der Waals surface area contributed by atoms with Gasteiger partial charge in [-0.25, -0.2) is 4.98 Å². The number of rotatable bonds is 4. The van der Waals surface area contributed by atoms with Crippen LogP contribution in [0.1, 0.15) is 18.3 Å². The van der Waals surface area contributed by atoms with E-state index in [0.717, 1.165) is 17.8 Å². The Morgan fingerprint density at radius 2 is 2.26 bits per heavy atom. The third kappa shape index (κ3) is 2.79. The maximum absolute atomic E-state index is 12.3. The summed E-state index contributed by atoms with van der Waals surface area (Å²) >= 11 is 6.23. The highest BCUT2D eigenvalue weighted by molar-refractivity contribution is 7.84. The second kappa shape index (κ2) is 5.71. The molecule has 0 aliphatic rings. The molecule has 2 heterocycles. The molecular formula is C12H15ClN4OS. The van der Waals surface area contributed by atoms with Gasteiger partial charge in [-0.2, -0.15) is 5.10 Å². The molecule has 0 amide bonds. The van der Waals surface area contributed by atoms with Gasteiger partial charge in [-0.05, 0) is 18.6 Å². The number of halogens is 1. The number of pyridine rings is 1. The highest BCUT2D eigenvalue weighted by atomic mass is 35.5. The molecule has 0 aliphatic heterocycles. The Morgan fingerprint density at radius 1 is 1.53 bits per heavy atom. The molecule has 0 fully saturated rings. The largest absolute Gasteiger partial charge is 0.396 e. The summed E-state index contributed by atoms with van der Waals surface area (Å²) in [5.41, 5.74) is 7.75. The molecule has 0 spiro atoms. The SMILES string of the molecule is CCc1nn(C)c(CS(=O)c2ncccc2N)c1Cl. The fourth-order valence-corrected chi connectivity index (χ4v) is 3.43. The van der Waals surface area contributed by atoms with Gasteiger partial charge >= 0.3 is 0 Å². The summed E-state index contributed by atoms with van der Waals surface area (Å²) in [5, 5.41) is 5.26. The fraction of sp³-hybridized carbons (Fsp3) is 0.333. The summed E-state index contributed by atoms with van der Waals surface area (Å²) < 4.78 is 14.0. The van der Waals surface area contributed by atoms with Crippen molar-refractivity contribution in [2.24, 2.45) is 7.05 Å². The Kier molecular flexibility index (Phi) is 4.21. The molecule has 5 nitrogen and oxygen atoms in total. The standard InChI is InChI=1S/C12H15ClN4OS/c1-3-9-11(13)10(17(2)16-9)7-19(18)12-8(14)5-4-6-15-12/h4-6H,3,7,14H2,1-2H3. The van der Waals surface area contributed by atoms with Crippen LogP contribution in [0.3, 0.4) is 0 Å². The minimum Gasteiger partial charge on any atom is -0.396 e. The fourth-order valence-electron chi connectivity index (χ4n) is 1.76. The number of anilines is 1. The Balaban J connectivity index is 2.30. The van der Waals surface area contributed by atoms with Crippen molar-refractivity contribution >= 4 is 28.1 Å². The minimum absolute atomic E-state index is 0.254. The van der Waals surface area contributed by atoms with Crippen LogP contribution in [0.2, 0.25) is 5.02 Å². The van der Waals surface area contributed by atoms with E-state index in [9.17, 15) is 4.21 Å². The minimum atomic E-state index is -1.34. The van der Waals surface area contributed by atoms with Gasteiger partial charge in [0.25, 0.3) is 0 Å². The van der Waals surface area contributed by atoms with Crippen molar-refractivity contribution in [3.63, 3.8) is 0 Å². The number of hydrogen-bond acceptors (Lipinski definition) is 4. The van der Waals surface area contributed by atoms with Gasteiger partial charge in [-0.15, -0.1) is 0 Å². The predicted molar refractivity (Wildman–Crippen MR) is 76.4 cm³/mol. The Morgan fingerprint density at radius 3 is 2.84 bits per heavy atom. The van der Waals surface area contributed by atoms with E-state index in [1.165, 1.54) is 0 Å². The number of nitrogens with zero attached hydrogens (tertiary/aromatic N) is 3. The maximum atomic E-state index is 12.3. The van der Waals surface area contributed by atoms with Crippen LogP contribution in [-0.4, -0.2) is 19.0 Å². The summed E-state index contributed by atoms with van der Waals surface area (Å²) in [6.07, 6.45) is 2.32. The molecule has 0 radical (unpaired) electrons. The van der Waals surface area contributed by atoms with E-state index < -0.39 is 10.8 Å². The lowest BCUT2D eigenvalue weighted by atomic mass is 10.3. The molecule has 0 aromatic carbocycles. The topological polar surface area (TPSA) is 73.8 Å². The van der Waals surface area contributed by atoms with Crippen LogP contribution in [0.4, 0.5) is 5.69 Å². The first-order valence-electron chi connectivity index (χ1n) is 5.83. The van der Waals surface area contributed by atoms with Gasteiger partial charge in [0.1, 0.15) is 5.03 Å². The second-order valence-corrected chi connectivity index (χ2v) is 5.82. The van der Waals surface area contributed by atoms with E-state index in [1.54, 1.807) is 30.1 Å². The third-order valence-corrected chi connectivity index (χ3v) is 4.53. The van der Waals surface area contributed by atoms with Crippen molar-refractivity contribution in [1.29, 1.82) is 0 Å². The van der Waals surface area contributed by atoms with Gasteiger partial charge in [0.15, 0.2) is 0 Å². The van der Waals surface area contributed by atoms with Gasteiger partial charge in [-0.3, -0.25) is 8.89 Å². The molecule has 1 unspecified atom stereocenters. The molecule has 0 aliphatic carbocycles. The van der Waals surface area contributed by atoms with Gasteiger partial charge in [0.05, 0.1) is 38.7 Å². The van der Waals surface area contributed by atoms with Crippen molar-refractivity contribution in [2.75, 3.05) is 5.73 Å². The summed E-state index contributed by atoms with van der Waals surface area (Å²) in [4.78, 5) is 4.06. The number of aromatic nitrogens is 3. The van der Waals surface area contributed by atoms with Gasteiger partial charge in [0.2, 0.25) is 0 Å². The summed E-state index contributed by atoms with van der Waals surface area (Å²) in [6, 6.07) is 3.39. The Bertz CT molecular complexity index is 626. The molecule has 2 aromatic rings. The summed E-state index contributed by atoms with van der Waals surface area (Å²) in [6.45, 7) is 1.98. The lowest BCUT2D eigenvalue weighted by molar-refractivity contribution is 0.673. The molecule has 7 heteroatoms. The Hall–Kier alpha value is -1.40. The highest BCUT2D eigenvalue weighted by Gasteiger charge is 2.18. The van der Waals surface area contributed by atoms with Crippen LogP contribution in [0, 0.1) is 0 Å². The first kappa shape index (κ1) is 14.0. The molecule has 2 N–H and O–H groups in total. The van der Waals surface area contributed by atoms with Gasteiger partial charge < -0.3 is 5.73 Å². The number of hydrogen-bond donors (Lipinski definition) is 1. The molecule has 0 saturated carbocycles. The van der Waals surface area contributed by atoms with Crippen molar-refractivity contribution in [3.05, 3.63) is 34.7 Å². The molecule has 2 aromatic heterocycles. The number of nitrogen functional groups attached to an aromatic ring is 1. The van der Waals surface area contributed by atoms with E-state index >= 15 is 0 Å². The lowest BCUT2D eigenvalue weighted by Crippen LogP contribution is -2.07. The monoisotopic (exact) mass is 298 g/mol. The first-order valence-corrected chi connectivity index (χ1v) is 7.53. The number of aryl methyl sites for hydroxylation is 2. The molecule has 2 rings (SSSR count). The summed E-state index contributed by atoms with van der Waals surface area (Å²) in [7, 11) is 0.454. The molecule has 0 saturated heterocycles. The van der Waals surface area contributed by atoms with Crippen molar-refractivity contribution in [3.8, 4) is 0 Å². The quantitative estimate of drug-likeness (QED) is 0.936. The lowest BCUT2D eigenvalue weighted by Gasteiger charge is -2.05. The zero-order valence-electron chi connectivity index (χ0n) is 10.8.